The van der Waals surface area contributed by atoms with Gasteiger partial charge in [0, 0.05) is 24.3 Å². The van der Waals surface area contributed by atoms with Gasteiger partial charge in [-0.25, -0.2) is 9.87 Å². The number of benzene rings is 3. The van der Waals surface area contributed by atoms with Crippen molar-refractivity contribution < 1.29 is 37.2 Å². The van der Waals surface area contributed by atoms with E-state index in [-0.39, 0.29) is 30.8 Å². The Morgan fingerprint density at radius 3 is 2.10 bits per heavy atom. The standard InChI is InChI=1S/C26H25F4N5O4/c27-19-8-5-18(21(11-19)26(28,29)30)13-32-14-23(36)33-20-9-6-16(7-10-20)15-1-3-17(4-2-15)24(37)34-22(12-31)25(38)35-39/h1-11,22,32,39H,12-14,31H2,(H,33,36)(H,34,37)(H,35,38)/t22-/m0/s1. The predicted molar refractivity (Wildman–Crippen MR) is 134 cm³/mol. The lowest BCUT2D eigenvalue weighted by Crippen LogP contribution is -2.50. The van der Waals surface area contributed by atoms with E-state index in [9.17, 15) is 31.9 Å². The number of rotatable bonds is 10. The summed E-state index contributed by atoms with van der Waals surface area (Å²) in [6.07, 6.45) is -4.72. The van der Waals surface area contributed by atoms with Crippen molar-refractivity contribution in [2.24, 2.45) is 5.73 Å². The third-order valence-corrected chi connectivity index (χ3v) is 5.60. The Kier molecular flexibility index (Phi) is 9.71. The van der Waals surface area contributed by atoms with Crippen LogP contribution in [0.1, 0.15) is 21.5 Å². The van der Waals surface area contributed by atoms with Gasteiger partial charge in [-0.15, -0.1) is 0 Å². The molecular weight excluding hydrogens is 522 g/mol. The maximum Gasteiger partial charge on any atom is 0.416 e. The smallest absolute Gasteiger partial charge is 0.339 e. The maximum absolute atomic E-state index is 13.2. The SMILES string of the molecule is NC[C@H](NC(=O)c1ccc(-c2ccc(NC(=O)CNCc3ccc(F)cc3C(F)(F)F)cc2)cc1)C(=O)NO. The number of carbonyl (C=O) groups excluding carboxylic acids is 3. The molecule has 3 amide bonds. The summed E-state index contributed by atoms with van der Waals surface area (Å²) in [5, 5.41) is 16.3. The van der Waals surface area contributed by atoms with Crippen molar-refractivity contribution in [3.8, 4) is 11.1 Å². The van der Waals surface area contributed by atoms with E-state index in [1.165, 1.54) is 5.48 Å². The summed E-state index contributed by atoms with van der Waals surface area (Å²) >= 11 is 0. The first-order valence-electron chi connectivity index (χ1n) is 11.5. The molecule has 0 fully saturated rings. The van der Waals surface area contributed by atoms with Crippen molar-refractivity contribution in [2.45, 2.75) is 18.8 Å². The third-order valence-electron chi connectivity index (χ3n) is 5.60. The monoisotopic (exact) mass is 547 g/mol. The Morgan fingerprint density at radius 2 is 1.54 bits per heavy atom. The van der Waals surface area contributed by atoms with Crippen LogP contribution in [-0.4, -0.2) is 42.1 Å². The van der Waals surface area contributed by atoms with Crippen molar-refractivity contribution in [3.63, 3.8) is 0 Å². The fourth-order valence-electron chi connectivity index (χ4n) is 3.59. The molecule has 0 aliphatic heterocycles. The highest BCUT2D eigenvalue weighted by molar-refractivity contribution is 5.98. The van der Waals surface area contributed by atoms with Gasteiger partial charge in [0.2, 0.25) is 5.91 Å². The van der Waals surface area contributed by atoms with Crippen molar-refractivity contribution in [2.75, 3.05) is 18.4 Å². The Balaban J connectivity index is 1.54. The minimum Gasteiger partial charge on any atom is -0.339 e. The fraction of sp³-hybridized carbons (Fsp3) is 0.192. The average Bonchev–Trinajstić information content (AvgIpc) is 2.92. The van der Waals surface area contributed by atoms with Gasteiger partial charge in [0.25, 0.3) is 11.8 Å². The molecule has 0 saturated heterocycles. The Hall–Kier alpha value is -4.33. The lowest BCUT2D eigenvalue weighted by Gasteiger charge is -2.14. The van der Waals surface area contributed by atoms with Crippen LogP contribution in [0.15, 0.2) is 66.7 Å². The van der Waals surface area contributed by atoms with Gasteiger partial charge in [-0.3, -0.25) is 19.6 Å². The summed E-state index contributed by atoms with van der Waals surface area (Å²) in [6, 6.07) is 14.4. The molecule has 0 aromatic heterocycles. The normalized spacial score (nSPS) is 11.9. The summed E-state index contributed by atoms with van der Waals surface area (Å²) in [6.45, 7) is -0.760. The van der Waals surface area contributed by atoms with Gasteiger partial charge in [0.15, 0.2) is 0 Å². The number of hydrogen-bond donors (Lipinski definition) is 6. The molecule has 3 aromatic rings. The van der Waals surface area contributed by atoms with E-state index in [0.717, 1.165) is 23.3 Å². The molecule has 9 nitrogen and oxygen atoms in total. The van der Waals surface area contributed by atoms with Crippen LogP contribution in [-0.2, 0) is 22.3 Å². The predicted octanol–water partition coefficient (Wildman–Crippen LogP) is 2.80. The lowest BCUT2D eigenvalue weighted by molar-refractivity contribution is -0.138. The number of alkyl halides is 3. The molecule has 13 heteroatoms. The van der Waals surface area contributed by atoms with Gasteiger partial charge in [-0.1, -0.05) is 30.3 Å². The molecule has 206 valence electrons. The Bertz CT molecular complexity index is 1320. The van der Waals surface area contributed by atoms with Gasteiger partial charge in [0.1, 0.15) is 11.9 Å². The van der Waals surface area contributed by atoms with Gasteiger partial charge >= 0.3 is 6.18 Å². The lowest BCUT2D eigenvalue weighted by atomic mass is 10.0. The topological polar surface area (TPSA) is 146 Å². The van der Waals surface area contributed by atoms with Crippen LogP contribution in [0.4, 0.5) is 23.2 Å². The molecule has 0 aliphatic carbocycles. The van der Waals surface area contributed by atoms with Crippen LogP contribution in [0.25, 0.3) is 11.1 Å². The van der Waals surface area contributed by atoms with E-state index in [0.29, 0.717) is 11.8 Å². The number of nitrogens with one attached hydrogen (secondary N) is 4. The van der Waals surface area contributed by atoms with Crippen LogP contribution in [0.2, 0.25) is 0 Å². The van der Waals surface area contributed by atoms with E-state index in [4.69, 9.17) is 10.9 Å². The van der Waals surface area contributed by atoms with E-state index in [1.54, 1.807) is 48.5 Å². The second kappa shape index (κ2) is 13.0. The van der Waals surface area contributed by atoms with Crippen LogP contribution in [0, 0.1) is 5.82 Å². The van der Waals surface area contributed by atoms with Crippen LogP contribution in [0.5, 0.6) is 0 Å². The van der Waals surface area contributed by atoms with E-state index >= 15 is 0 Å². The average molecular weight is 548 g/mol. The van der Waals surface area contributed by atoms with Crippen LogP contribution >= 0.6 is 0 Å². The number of hydrogen-bond acceptors (Lipinski definition) is 6. The second-order valence-electron chi connectivity index (χ2n) is 8.34. The first-order valence-corrected chi connectivity index (χ1v) is 11.5. The molecule has 39 heavy (non-hydrogen) atoms. The Labute approximate surface area is 220 Å². The molecule has 0 bridgehead atoms. The zero-order chi connectivity index (χ0) is 28.6. The van der Waals surface area contributed by atoms with Gasteiger partial charge in [-0.05, 0) is 53.1 Å². The Morgan fingerprint density at radius 1 is 0.923 bits per heavy atom. The van der Waals surface area contributed by atoms with Gasteiger partial charge in [-0.2, -0.15) is 13.2 Å². The highest BCUT2D eigenvalue weighted by Crippen LogP contribution is 2.32. The molecule has 1 atom stereocenters. The number of nitrogens with two attached hydrogens (primary N) is 1. The van der Waals surface area contributed by atoms with E-state index in [2.05, 4.69) is 16.0 Å². The number of hydroxylamine groups is 1. The summed E-state index contributed by atoms with van der Waals surface area (Å²) in [4.78, 5) is 36.0. The number of anilines is 1. The molecule has 0 unspecified atom stereocenters. The minimum absolute atomic E-state index is 0.181. The molecular formula is C26H25F4N5O4. The highest BCUT2D eigenvalue weighted by atomic mass is 19.4. The number of amides is 3. The molecule has 7 N–H and O–H groups in total. The molecule has 0 heterocycles. The van der Waals surface area contributed by atoms with E-state index < -0.39 is 41.3 Å². The van der Waals surface area contributed by atoms with Gasteiger partial charge < -0.3 is 21.7 Å². The van der Waals surface area contributed by atoms with Crippen molar-refractivity contribution in [1.29, 1.82) is 0 Å². The molecule has 0 saturated carbocycles. The highest BCUT2D eigenvalue weighted by Gasteiger charge is 2.33. The molecule has 0 aliphatic rings. The summed E-state index contributed by atoms with van der Waals surface area (Å²) in [5.74, 6) is -2.88. The molecule has 3 rings (SSSR count). The molecule has 0 radical (unpaired) electrons. The maximum atomic E-state index is 13.2. The first-order chi connectivity index (χ1) is 18.5. The second-order valence-corrected chi connectivity index (χ2v) is 8.34. The molecule has 3 aromatic carbocycles. The van der Waals surface area contributed by atoms with Crippen LogP contribution in [0.3, 0.4) is 0 Å². The zero-order valence-corrected chi connectivity index (χ0v) is 20.3. The quantitative estimate of drug-likeness (QED) is 0.131. The summed E-state index contributed by atoms with van der Waals surface area (Å²) in [7, 11) is 0. The zero-order valence-electron chi connectivity index (χ0n) is 20.3. The largest absolute Gasteiger partial charge is 0.416 e. The third kappa shape index (κ3) is 8.07. The molecule has 0 spiro atoms. The van der Waals surface area contributed by atoms with E-state index in [1.807, 2.05) is 0 Å². The van der Waals surface area contributed by atoms with Gasteiger partial charge in [0.05, 0.1) is 12.1 Å². The van der Waals surface area contributed by atoms with Crippen molar-refractivity contribution in [3.05, 3.63) is 89.2 Å². The van der Waals surface area contributed by atoms with Crippen molar-refractivity contribution >= 4 is 23.4 Å². The fourth-order valence-corrected chi connectivity index (χ4v) is 3.59. The number of carbonyl (C=O) groups is 3. The van der Waals surface area contributed by atoms with Crippen LogP contribution < -0.4 is 27.2 Å². The minimum atomic E-state index is -4.72. The summed E-state index contributed by atoms with van der Waals surface area (Å²) in [5.41, 5.74) is 7.82. The van der Waals surface area contributed by atoms with Crippen molar-refractivity contribution in [1.82, 2.24) is 16.1 Å². The summed E-state index contributed by atoms with van der Waals surface area (Å²) < 4.78 is 52.5. The first kappa shape index (κ1) is 29.2. The number of halogens is 4.